The lowest BCUT2D eigenvalue weighted by Crippen LogP contribution is -2.18. The van der Waals surface area contributed by atoms with Crippen LogP contribution in [-0.2, 0) is 0 Å². The predicted octanol–water partition coefficient (Wildman–Crippen LogP) is 2.84. The molecule has 0 aromatic carbocycles. The van der Waals surface area contributed by atoms with Crippen molar-refractivity contribution in [2.24, 2.45) is 5.73 Å². The number of unbranched alkanes of at least 4 members (excludes halogenated alkanes) is 3. The maximum Gasteiger partial charge on any atom is 0.0442 e. The number of rotatable bonds is 6. The van der Waals surface area contributed by atoms with Crippen LogP contribution in [-0.4, -0.2) is 14.6 Å². The summed E-state index contributed by atoms with van der Waals surface area (Å²) in [5, 5.41) is 0. The van der Waals surface area contributed by atoms with Crippen LogP contribution in [0.2, 0.25) is 25.7 Å². The van der Waals surface area contributed by atoms with Crippen molar-refractivity contribution < 1.29 is 0 Å². The molecule has 0 aromatic rings. The maximum atomic E-state index is 5.41. The van der Waals surface area contributed by atoms with Gasteiger partial charge in [0.1, 0.15) is 0 Å². The van der Waals surface area contributed by atoms with Crippen molar-refractivity contribution in [2.75, 3.05) is 6.54 Å². The van der Waals surface area contributed by atoms with E-state index in [4.69, 9.17) is 5.73 Å². The van der Waals surface area contributed by atoms with Gasteiger partial charge in [-0.2, -0.15) is 0 Å². The van der Waals surface area contributed by atoms with Gasteiger partial charge in [0.15, 0.2) is 0 Å². The molecule has 0 unspecified atom stereocenters. The molecule has 0 saturated heterocycles. The van der Waals surface area contributed by atoms with Gasteiger partial charge in [0.2, 0.25) is 0 Å². The van der Waals surface area contributed by atoms with Crippen LogP contribution in [0.15, 0.2) is 0 Å². The summed E-state index contributed by atoms with van der Waals surface area (Å²) < 4.78 is 0. The van der Waals surface area contributed by atoms with Crippen molar-refractivity contribution in [3.05, 3.63) is 0 Å². The third kappa shape index (κ3) is 10.2. The molecule has 1 nitrogen and oxygen atoms in total. The van der Waals surface area contributed by atoms with Crippen LogP contribution >= 0.6 is 0 Å². The fourth-order valence-corrected chi connectivity index (χ4v) is 2.46. The first kappa shape index (κ1) is 11.2. The van der Waals surface area contributed by atoms with E-state index >= 15 is 0 Å². The average Bonchev–Trinajstić information content (AvgIpc) is 1.85. The number of hydrogen-bond donors (Lipinski definition) is 1. The molecule has 0 saturated carbocycles. The predicted molar refractivity (Wildman–Crippen MR) is 55.7 cm³/mol. The molecule has 0 heterocycles. The lowest BCUT2D eigenvalue weighted by atomic mass is 10.2. The Balaban J connectivity index is 3.02. The zero-order chi connectivity index (χ0) is 8.74. The Morgan fingerprint density at radius 1 is 0.909 bits per heavy atom. The second kappa shape index (κ2) is 5.78. The Kier molecular flexibility index (Phi) is 5.87. The van der Waals surface area contributed by atoms with Crippen LogP contribution in [0.4, 0.5) is 0 Å². The average molecular weight is 173 g/mol. The topological polar surface area (TPSA) is 26.0 Å². The minimum absolute atomic E-state index is 0.749. The Morgan fingerprint density at radius 2 is 1.45 bits per heavy atom. The molecule has 68 valence electrons. The zero-order valence-corrected chi connectivity index (χ0v) is 9.32. The first-order valence-electron chi connectivity index (χ1n) is 4.76. The van der Waals surface area contributed by atoms with Crippen LogP contribution in [0.5, 0.6) is 0 Å². The van der Waals surface area contributed by atoms with E-state index in [2.05, 4.69) is 19.6 Å². The number of nitrogens with two attached hydrogens (primary N) is 1. The molecule has 0 bridgehead atoms. The summed E-state index contributed by atoms with van der Waals surface area (Å²) in [5.41, 5.74) is 5.41. The van der Waals surface area contributed by atoms with Crippen molar-refractivity contribution >= 4 is 8.07 Å². The molecule has 2 N–H and O–H groups in total. The first-order chi connectivity index (χ1) is 5.06. The highest BCUT2D eigenvalue weighted by Crippen LogP contribution is 2.14. The fourth-order valence-electron chi connectivity index (χ4n) is 1.15. The minimum atomic E-state index is -0.749. The van der Waals surface area contributed by atoms with Crippen LogP contribution in [0.3, 0.4) is 0 Å². The van der Waals surface area contributed by atoms with Gasteiger partial charge in [-0.3, -0.25) is 0 Å². The van der Waals surface area contributed by atoms with Gasteiger partial charge in [0.25, 0.3) is 0 Å². The van der Waals surface area contributed by atoms with Gasteiger partial charge in [-0.25, -0.2) is 0 Å². The van der Waals surface area contributed by atoms with Gasteiger partial charge in [-0.1, -0.05) is 44.9 Å². The molecule has 0 fully saturated rings. The molecular formula is C9H23NSi. The second-order valence-electron chi connectivity index (χ2n) is 4.51. The van der Waals surface area contributed by atoms with Crippen molar-refractivity contribution in [2.45, 2.75) is 51.4 Å². The second-order valence-corrected chi connectivity index (χ2v) is 10.1. The van der Waals surface area contributed by atoms with E-state index in [1.54, 1.807) is 0 Å². The molecule has 2 heteroatoms. The molecule has 0 aliphatic carbocycles. The van der Waals surface area contributed by atoms with E-state index in [-0.39, 0.29) is 0 Å². The largest absolute Gasteiger partial charge is 0.330 e. The maximum absolute atomic E-state index is 5.41. The van der Waals surface area contributed by atoms with Gasteiger partial charge in [-0.15, -0.1) is 0 Å². The van der Waals surface area contributed by atoms with Gasteiger partial charge >= 0.3 is 0 Å². The molecule has 0 spiro atoms. The lowest BCUT2D eigenvalue weighted by molar-refractivity contribution is 0.670. The summed E-state index contributed by atoms with van der Waals surface area (Å²) in [4.78, 5) is 0. The summed E-state index contributed by atoms with van der Waals surface area (Å²) in [7, 11) is -0.749. The van der Waals surface area contributed by atoms with E-state index in [0.29, 0.717) is 0 Å². The van der Waals surface area contributed by atoms with Crippen molar-refractivity contribution in [1.29, 1.82) is 0 Å². The van der Waals surface area contributed by atoms with Crippen molar-refractivity contribution in [1.82, 2.24) is 0 Å². The molecule has 11 heavy (non-hydrogen) atoms. The standard InChI is InChI=1S/C9H23NSi/c1-11(2,3)9-7-5-4-6-8-10/h4-10H2,1-3H3. The summed E-state index contributed by atoms with van der Waals surface area (Å²) in [5.74, 6) is 0. The van der Waals surface area contributed by atoms with Crippen LogP contribution in [0.1, 0.15) is 25.7 Å². The quantitative estimate of drug-likeness (QED) is 0.485. The van der Waals surface area contributed by atoms with E-state index in [1.807, 2.05) is 0 Å². The summed E-state index contributed by atoms with van der Waals surface area (Å²) >= 11 is 0. The molecule has 0 atom stereocenters. The molecule has 0 aliphatic heterocycles. The zero-order valence-electron chi connectivity index (χ0n) is 8.32. The van der Waals surface area contributed by atoms with Gasteiger partial charge in [0.05, 0.1) is 0 Å². The van der Waals surface area contributed by atoms with Gasteiger partial charge in [-0.05, 0) is 13.0 Å². The van der Waals surface area contributed by atoms with Crippen LogP contribution in [0.25, 0.3) is 0 Å². The highest BCUT2D eigenvalue weighted by molar-refractivity contribution is 6.76. The van der Waals surface area contributed by atoms with Gasteiger partial charge in [0, 0.05) is 8.07 Å². The molecule has 0 aliphatic rings. The Morgan fingerprint density at radius 3 is 1.91 bits per heavy atom. The summed E-state index contributed by atoms with van der Waals surface area (Å²) in [6, 6.07) is 1.48. The molecule has 0 rings (SSSR count). The third-order valence-corrected chi connectivity index (χ3v) is 3.73. The summed E-state index contributed by atoms with van der Waals surface area (Å²) in [6.07, 6.45) is 5.36. The van der Waals surface area contributed by atoms with Gasteiger partial charge < -0.3 is 5.73 Å². The molecular weight excluding hydrogens is 150 g/mol. The van der Waals surface area contributed by atoms with E-state index in [1.165, 1.54) is 31.7 Å². The van der Waals surface area contributed by atoms with E-state index in [9.17, 15) is 0 Å². The molecule has 0 aromatic heterocycles. The SMILES string of the molecule is C[Si](C)(C)CCCCCCN. The normalized spacial score (nSPS) is 12.0. The van der Waals surface area contributed by atoms with Crippen LogP contribution < -0.4 is 5.73 Å². The Bertz CT molecular complexity index is 86.1. The van der Waals surface area contributed by atoms with E-state index in [0.717, 1.165) is 6.54 Å². The molecule has 0 amide bonds. The number of hydrogen-bond acceptors (Lipinski definition) is 1. The highest BCUT2D eigenvalue weighted by atomic mass is 28.3. The minimum Gasteiger partial charge on any atom is -0.330 e. The lowest BCUT2D eigenvalue weighted by Gasteiger charge is -2.14. The highest BCUT2D eigenvalue weighted by Gasteiger charge is 2.10. The Hall–Kier alpha value is 0.177. The fraction of sp³-hybridized carbons (Fsp3) is 1.00. The monoisotopic (exact) mass is 173 g/mol. The van der Waals surface area contributed by atoms with Crippen molar-refractivity contribution in [3.8, 4) is 0 Å². The summed E-state index contributed by atoms with van der Waals surface area (Å²) in [6.45, 7) is 8.19. The third-order valence-electron chi connectivity index (χ3n) is 1.88. The Labute approximate surface area is 72.4 Å². The van der Waals surface area contributed by atoms with Crippen LogP contribution in [0, 0.1) is 0 Å². The first-order valence-corrected chi connectivity index (χ1v) is 8.47. The van der Waals surface area contributed by atoms with E-state index < -0.39 is 8.07 Å². The van der Waals surface area contributed by atoms with Crippen molar-refractivity contribution in [3.63, 3.8) is 0 Å². The smallest absolute Gasteiger partial charge is 0.0442 e. The molecule has 0 radical (unpaired) electrons.